The summed E-state index contributed by atoms with van der Waals surface area (Å²) in [5.41, 5.74) is 1.95. The Morgan fingerprint density at radius 1 is 1.26 bits per heavy atom. The molecular weight excluding hydrogens is 454 g/mol. The van der Waals surface area contributed by atoms with E-state index in [1.165, 1.54) is 23.1 Å². The highest BCUT2D eigenvalue weighted by Crippen LogP contribution is 2.34. The van der Waals surface area contributed by atoms with Gasteiger partial charge in [0.25, 0.3) is 0 Å². The van der Waals surface area contributed by atoms with E-state index in [0.717, 1.165) is 20.1 Å². The molecule has 0 radical (unpaired) electrons. The number of para-hydroxylation sites is 1. The SMILES string of the molecule is CCOC(=O)C1=C(CSc2nnc3sc4ccccc4n23)NC(=O)N[C@@H]1c1cccs1. The normalized spacial score (nSPS) is 16.5. The smallest absolute Gasteiger partial charge is 0.338 e. The minimum atomic E-state index is -0.552. The molecule has 4 aromatic rings. The van der Waals surface area contributed by atoms with Crippen molar-refractivity contribution in [2.75, 3.05) is 12.4 Å². The van der Waals surface area contributed by atoms with Crippen LogP contribution in [0, 0.1) is 0 Å². The van der Waals surface area contributed by atoms with E-state index in [1.54, 1.807) is 18.3 Å². The van der Waals surface area contributed by atoms with Crippen molar-refractivity contribution in [3.8, 4) is 0 Å². The highest BCUT2D eigenvalue weighted by atomic mass is 32.2. The molecule has 2 N–H and O–H groups in total. The Hall–Kier alpha value is -2.89. The maximum Gasteiger partial charge on any atom is 0.338 e. The van der Waals surface area contributed by atoms with Gasteiger partial charge in [-0.3, -0.25) is 4.40 Å². The number of aromatic nitrogens is 3. The number of nitrogens with one attached hydrogen (secondary N) is 2. The number of nitrogens with zero attached hydrogens (tertiary/aromatic N) is 3. The van der Waals surface area contributed by atoms with Gasteiger partial charge >= 0.3 is 12.0 Å². The summed E-state index contributed by atoms with van der Waals surface area (Å²) in [4.78, 5) is 26.9. The summed E-state index contributed by atoms with van der Waals surface area (Å²) >= 11 is 4.46. The Morgan fingerprint density at radius 3 is 2.94 bits per heavy atom. The number of rotatable bonds is 6. The van der Waals surface area contributed by atoms with Crippen LogP contribution in [0.15, 0.2) is 58.2 Å². The summed E-state index contributed by atoms with van der Waals surface area (Å²) in [7, 11) is 0. The summed E-state index contributed by atoms with van der Waals surface area (Å²) in [6.07, 6.45) is 0. The summed E-state index contributed by atoms with van der Waals surface area (Å²) < 4.78 is 8.42. The van der Waals surface area contributed by atoms with Gasteiger partial charge in [0.05, 0.1) is 28.4 Å². The van der Waals surface area contributed by atoms with Crippen LogP contribution in [0.4, 0.5) is 4.79 Å². The predicted molar refractivity (Wildman–Crippen MR) is 121 cm³/mol. The molecule has 8 nitrogen and oxygen atoms in total. The number of thiazole rings is 1. The minimum absolute atomic E-state index is 0.250. The lowest BCUT2D eigenvalue weighted by atomic mass is 10.0. The van der Waals surface area contributed by atoms with Gasteiger partial charge in [-0.05, 0) is 30.5 Å². The topological polar surface area (TPSA) is 97.6 Å². The molecular formula is C20H17N5O3S3. The third kappa shape index (κ3) is 3.68. The molecule has 0 saturated heterocycles. The van der Waals surface area contributed by atoms with Crippen molar-refractivity contribution in [2.24, 2.45) is 0 Å². The lowest BCUT2D eigenvalue weighted by Gasteiger charge is -2.28. The first kappa shape index (κ1) is 20.0. The highest BCUT2D eigenvalue weighted by molar-refractivity contribution is 7.99. The number of benzene rings is 1. The Bertz CT molecular complexity index is 1310. The van der Waals surface area contributed by atoms with Crippen LogP contribution >= 0.6 is 34.4 Å². The maximum atomic E-state index is 12.8. The number of thiophene rings is 1. The van der Waals surface area contributed by atoms with E-state index >= 15 is 0 Å². The largest absolute Gasteiger partial charge is 0.463 e. The minimum Gasteiger partial charge on any atom is -0.463 e. The number of carbonyl (C=O) groups is 2. The van der Waals surface area contributed by atoms with E-state index in [9.17, 15) is 9.59 Å². The highest BCUT2D eigenvalue weighted by Gasteiger charge is 2.34. The molecule has 3 aromatic heterocycles. The molecule has 0 fully saturated rings. The Balaban J connectivity index is 1.52. The molecule has 5 rings (SSSR count). The fraction of sp³-hybridized carbons (Fsp3) is 0.200. The van der Waals surface area contributed by atoms with Crippen molar-refractivity contribution in [1.82, 2.24) is 25.2 Å². The number of carbonyl (C=O) groups excluding carboxylic acids is 2. The summed E-state index contributed by atoms with van der Waals surface area (Å²) in [5, 5.41) is 16.8. The molecule has 1 aliphatic heterocycles. The molecule has 1 aromatic carbocycles. The third-order valence-electron chi connectivity index (χ3n) is 4.73. The predicted octanol–water partition coefficient (Wildman–Crippen LogP) is 3.97. The first-order valence-corrected chi connectivity index (χ1v) is 12.2. The monoisotopic (exact) mass is 471 g/mol. The van der Waals surface area contributed by atoms with Crippen LogP contribution in [0.5, 0.6) is 0 Å². The molecule has 0 bridgehead atoms. The molecule has 4 heterocycles. The van der Waals surface area contributed by atoms with E-state index in [-0.39, 0.29) is 12.6 Å². The van der Waals surface area contributed by atoms with Crippen molar-refractivity contribution in [2.45, 2.75) is 18.1 Å². The van der Waals surface area contributed by atoms with Gasteiger partial charge in [0.1, 0.15) is 0 Å². The van der Waals surface area contributed by atoms with Gasteiger partial charge in [0.2, 0.25) is 4.96 Å². The van der Waals surface area contributed by atoms with E-state index < -0.39 is 12.0 Å². The molecule has 31 heavy (non-hydrogen) atoms. The Kier molecular flexibility index (Phi) is 5.38. The number of hydrogen-bond donors (Lipinski definition) is 2. The van der Waals surface area contributed by atoms with Crippen LogP contribution in [-0.2, 0) is 9.53 Å². The van der Waals surface area contributed by atoms with E-state index in [0.29, 0.717) is 22.2 Å². The van der Waals surface area contributed by atoms with Crippen molar-refractivity contribution < 1.29 is 14.3 Å². The summed E-state index contributed by atoms with van der Waals surface area (Å²) in [5.74, 6) is -0.106. The third-order valence-corrected chi connectivity index (χ3v) is 7.64. The molecule has 0 saturated carbocycles. The Morgan fingerprint density at radius 2 is 2.13 bits per heavy atom. The van der Waals surface area contributed by atoms with Crippen LogP contribution in [0.3, 0.4) is 0 Å². The maximum absolute atomic E-state index is 12.8. The fourth-order valence-electron chi connectivity index (χ4n) is 3.44. The second-order valence-corrected chi connectivity index (χ2v) is 9.55. The molecule has 2 amide bonds. The van der Waals surface area contributed by atoms with Gasteiger partial charge in [-0.1, -0.05) is 41.3 Å². The second-order valence-electron chi connectivity index (χ2n) is 6.62. The number of thioether (sulfide) groups is 1. The zero-order chi connectivity index (χ0) is 21.4. The lowest BCUT2D eigenvalue weighted by Crippen LogP contribution is -2.46. The molecule has 1 atom stereocenters. The lowest BCUT2D eigenvalue weighted by molar-refractivity contribution is -0.139. The summed E-state index contributed by atoms with van der Waals surface area (Å²) in [6, 6.07) is 10.9. The molecule has 158 valence electrons. The zero-order valence-corrected chi connectivity index (χ0v) is 18.8. The van der Waals surface area contributed by atoms with Crippen molar-refractivity contribution in [3.05, 3.63) is 57.9 Å². The molecule has 0 aliphatic carbocycles. The number of urea groups is 1. The summed E-state index contributed by atoms with van der Waals surface area (Å²) in [6.45, 7) is 2.01. The van der Waals surface area contributed by atoms with Gasteiger partial charge in [-0.15, -0.1) is 21.5 Å². The van der Waals surface area contributed by atoms with Gasteiger partial charge in [-0.2, -0.15) is 0 Å². The fourth-order valence-corrected chi connectivity index (χ4v) is 6.16. The number of amides is 2. The Labute approximate surface area is 189 Å². The standard InChI is InChI=1S/C20H17N5O3S3/c1-2-28-17(26)15-11(21-18(27)22-16(15)14-8-5-9-29-14)10-30-19-23-24-20-25(19)12-6-3-4-7-13(12)31-20/h3-9,16H,2,10H2,1H3,(H2,21,22,27)/t16-/m1/s1. The van der Waals surface area contributed by atoms with Gasteiger partial charge in [0.15, 0.2) is 5.16 Å². The molecule has 0 unspecified atom stereocenters. The molecule has 11 heteroatoms. The van der Waals surface area contributed by atoms with Crippen LogP contribution in [0.1, 0.15) is 17.8 Å². The number of esters is 1. The second kappa shape index (κ2) is 8.33. The van der Waals surface area contributed by atoms with Gasteiger partial charge in [-0.25, -0.2) is 9.59 Å². The van der Waals surface area contributed by atoms with E-state index in [4.69, 9.17) is 4.74 Å². The molecule has 0 spiro atoms. The average molecular weight is 472 g/mol. The quantitative estimate of drug-likeness (QED) is 0.326. The van der Waals surface area contributed by atoms with Crippen LogP contribution in [-0.4, -0.2) is 39.0 Å². The van der Waals surface area contributed by atoms with E-state index in [2.05, 4.69) is 20.8 Å². The van der Waals surface area contributed by atoms with Crippen molar-refractivity contribution >= 4 is 61.6 Å². The molecule has 1 aliphatic rings. The van der Waals surface area contributed by atoms with Crippen LogP contribution < -0.4 is 10.6 Å². The van der Waals surface area contributed by atoms with Crippen molar-refractivity contribution in [3.63, 3.8) is 0 Å². The van der Waals surface area contributed by atoms with Crippen LogP contribution in [0.2, 0.25) is 0 Å². The first-order valence-electron chi connectivity index (χ1n) is 9.52. The number of ether oxygens (including phenoxy) is 1. The first-order chi connectivity index (χ1) is 15.2. The zero-order valence-electron chi connectivity index (χ0n) is 16.3. The number of fused-ring (bicyclic) bond motifs is 3. The average Bonchev–Trinajstić information content (AvgIpc) is 3.49. The van der Waals surface area contributed by atoms with Crippen molar-refractivity contribution in [1.29, 1.82) is 0 Å². The van der Waals surface area contributed by atoms with E-state index in [1.807, 2.05) is 46.2 Å². The van der Waals surface area contributed by atoms with Gasteiger partial charge < -0.3 is 15.4 Å². The number of hydrogen-bond acceptors (Lipinski definition) is 8. The van der Waals surface area contributed by atoms with Crippen LogP contribution in [0.25, 0.3) is 15.2 Å². The van der Waals surface area contributed by atoms with Gasteiger partial charge in [0, 0.05) is 16.3 Å².